The van der Waals surface area contributed by atoms with Gasteiger partial charge < -0.3 is 44.5 Å². The molecular formula is C17H24O11. The van der Waals surface area contributed by atoms with Crippen molar-refractivity contribution in [1.82, 2.24) is 0 Å². The third kappa shape index (κ3) is 3.12. The molecule has 3 rings (SSSR count). The van der Waals surface area contributed by atoms with E-state index in [-0.39, 0.29) is 12.0 Å². The largest absolute Gasteiger partial charge is 0.471 e. The van der Waals surface area contributed by atoms with E-state index in [1.54, 1.807) is 6.92 Å². The van der Waals surface area contributed by atoms with Crippen LogP contribution in [-0.4, -0.2) is 93.6 Å². The van der Waals surface area contributed by atoms with Gasteiger partial charge in [-0.05, 0) is 5.92 Å². The Morgan fingerprint density at radius 2 is 1.93 bits per heavy atom. The van der Waals surface area contributed by atoms with Gasteiger partial charge in [-0.25, -0.2) is 4.79 Å². The Labute approximate surface area is 160 Å². The Kier molecular flexibility index (Phi) is 5.79. The van der Waals surface area contributed by atoms with Crippen LogP contribution in [0.4, 0.5) is 0 Å². The topological polar surface area (TPSA) is 172 Å². The molecule has 2 aliphatic heterocycles. The highest BCUT2D eigenvalue weighted by atomic mass is 16.8. The predicted octanol–water partition coefficient (Wildman–Crippen LogP) is -2.83. The lowest BCUT2D eigenvalue weighted by molar-refractivity contribution is -0.346. The summed E-state index contributed by atoms with van der Waals surface area (Å²) in [4.78, 5) is 24.5. The lowest BCUT2D eigenvalue weighted by Gasteiger charge is -2.44. The van der Waals surface area contributed by atoms with Crippen molar-refractivity contribution in [2.24, 2.45) is 11.8 Å². The van der Waals surface area contributed by atoms with Crippen molar-refractivity contribution in [3.63, 3.8) is 0 Å². The van der Waals surface area contributed by atoms with E-state index >= 15 is 0 Å². The molecule has 158 valence electrons. The van der Waals surface area contributed by atoms with E-state index in [2.05, 4.69) is 4.74 Å². The molecule has 0 aromatic carbocycles. The van der Waals surface area contributed by atoms with Crippen molar-refractivity contribution in [1.29, 1.82) is 0 Å². The molecule has 0 spiro atoms. The molecule has 0 bridgehead atoms. The minimum atomic E-state index is -2.20. The van der Waals surface area contributed by atoms with Crippen LogP contribution in [0.15, 0.2) is 11.8 Å². The molecule has 1 aliphatic carbocycles. The summed E-state index contributed by atoms with van der Waals surface area (Å²) >= 11 is 0. The normalized spacial score (nSPS) is 45.8. The summed E-state index contributed by atoms with van der Waals surface area (Å²) in [5.74, 6) is -3.01. The monoisotopic (exact) mass is 404 g/mol. The molecule has 9 atom stereocenters. The number of hydrogen-bond donors (Lipinski definition) is 5. The molecule has 2 heterocycles. The Hall–Kier alpha value is -1.60. The zero-order valence-electron chi connectivity index (χ0n) is 15.3. The number of carbonyl (C=O) groups is 2. The number of fused-ring (bicyclic) bond motifs is 1. The van der Waals surface area contributed by atoms with E-state index in [0.29, 0.717) is 0 Å². The van der Waals surface area contributed by atoms with Gasteiger partial charge in [-0.3, -0.25) is 4.79 Å². The summed E-state index contributed by atoms with van der Waals surface area (Å²) in [6.45, 7) is 1.01. The molecule has 5 N–H and O–H groups in total. The molecule has 3 aliphatic rings. The number of methoxy groups -OCH3 is 1. The van der Waals surface area contributed by atoms with Crippen LogP contribution in [0.3, 0.4) is 0 Å². The number of carbonyl (C=O) groups excluding carboxylic acids is 2. The maximum atomic E-state index is 12.5. The van der Waals surface area contributed by atoms with Crippen LogP contribution in [-0.2, 0) is 28.5 Å². The molecule has 0 aromatic rings. The highest BCUT2D eigenvalue weighted by molar-refractivity contribution is 6.04. The maximum absolute atomic E-state index is 12.5. The van der Waals surface area contributed by atoms with Gasteiger partial charge in [0, 0.05) is 6.42 Å². The lowest BCUT2D eigenvalue weighted by atomic mass is 9.79. The van der Waals surface area contributed by atoms with E-state index in [0.717, 1.165) is 13.4 Å². The molecule has 0 aromatic heterocycles. The zero-order valence-corrected chi connectivity index (χ0v) is 15.3. The zero-order chi connectivity index (χ0) is 20.8. The van der Waals surface area contributed by atoms with Crippen LogP contribution >= 0.6 is 0 Å². The number of ketones is 1. The molecule has 28 heavy (non-hydrogen) atoms. The number of ether oxygens (including phenoxy) is 4. The van der Waals surface area contributed by atoms with E-state index in [1.165, 1.54) is 0 Å². The number of rotatable bonds is 4. The van der Waals surface area contributed by atoms with Gasteiger partial charge in [0.05, 0.1) is 19.6 Å². The van der Waals surface area contributed by atoms with Crippen molar-refractivity contribution in [3.05, 3.63) is 11.8 Å². The second-order valence-electron chi connectivity index (χ2n) is 7.26. The van der Waals surface area contributed by atoms with Crippen molar-refractivity contribution < 1.29 is 54.1 Å². The Morgan fingerprint density at radius 3 is 2.54 bits per heavy atom. The Morgan fingerprint density at radius 1 is 1.25 bits per heavy atom. The van der Waals surface area contributed by atoms with Gasteiger partial charge in [0.25, 0.3) is 0 Å². The molecule has 0 unspecified atom stereocenters. The summed E-state index contributed by atoms with van der Waals surface area (Å²) in [5, 5.41) is 50.2. The van der Waals surface area contributed by atoms with Crippen molar-refractivity contribution in [2.75, 3.05) is 13.7 Å². The van der Waals surface area contributed by atoms with Crippen molar-refractivity contribution in [2.45, 2.75) is 55.9 Å². The fourth-order valence-corrected chi connectivity index (χ4v) is 4.02. The van der Waals surface area contributed by atoms with Crippen LogP contribution in [0.25, 0.3) is 0 Å². The van der Waals surface area contributed by atoms with Gasteiger partial charge in [-0.1, -0.05) is 6.92 Å². The fourth-order valence-electron chi connectivity index (χ4n) is 4.02. The van der Waals surface area contributed by atoms with E-state index in [4.69, 9.17) is 14.2 Å². The first-order valence-corrected chi connectivity index (χ1v) is 8.82. The third-order valence-corrected chi connectivity index (χ3v) is 5.57. The molecule has 1 saturated carbocycles. The number of esters is 1. The lowest BCUT2D eigenvalue weighted by Crippen LogP contribution is -2.61. The van der Waals surface area contributed by atoms with E-state index < -0.39 is 72.8 Å². The Bertz CT molecular complexity index is 661. The first kappa shape index (κ1) is 21.1. The van der Waals surface area contributed by atoms with Crippen LogP contribution in [0.1, 0.15) is 13.3 Å². The minimum absolute atomic E-state index is 0.0482. The quantitative estimate of drug-likeness (QED) is 0.306. The van der Waals surface area contributed by atoms with Gasteiger partial charge in [-0.15, -0.1) is 0 Å². The molecular weight excluding hydrogens is 380 g/mol. The molecule has 1 saturated heterocycles. The fraction of sp³-hybridized carbons (Fsp3) is 0.765. The van der Waals surface area contributed by atoms with Crippen LogP contribution in [0, 0.1) is 11.8 Å². The maximum Gasteiger partial charge on any atom is 0.340 e. The van der Waals surface area contributed by atoms with Crippen LogP contribution in [0.5, 0.6) is 0 Å². The molecule has 11 heteroatoms. The number of aliphatic hydroxyl groups is 5. The summed E-state index contributed by atoms with van der Waals surface area (Å²) in [5.41, 5.74) is -2.56. The van der Waals surface area contributed by atoms with Crippen molar-refractivity contribution in [3.8, 4) is 0 Å². The molecule has 0 amide bonds. The van der Waals surface area contributed by atoms with Gasteiger partial charge >= 0.3 is 5.97 Å². The summed E-state index contributed by atoms with van der Waals surface area (Å²) in [7, 11) is 1.10. The first-order valence-electron chi connectivity index (χ1n) is 8.82. The predicted molar refractivity (Wildman–Crippen MR) is 87.1 cm³/mol. The minimum Gasteiger partial charge on any atom is -0.471 e. The van der Waals surface area contributed by atoms with Gasteiger partial charge in [-0.2, -0.15) is 0 Å². The molecule has 11 nitrogen and oxygen atoms in total. The highest BCUT2D eigenvalue weighted by Gasteiger charge is 2.63. The average Bonchev–Trinajstić information content (AvgIpc) is 2.91. The third-order valence-electron chi connectivity index (χ3n) is 5.57. The van der Waals surface area contributed by atoms with Gasteiger partial charge in [0.15, 0.2) is 17.7 Å². The second-order valence-corrected chi connectivity index (χ2v) is 7.26. The standard InChI is InChI=1S/C17H24O11/c1-6-3-9(19)17(24)7(14(23)25-2)5-26-15(10(6)17)28-16-13(22)12(21)11(20)8(4-18)27-16/h5-6,8,10-13,15-16,18,20-22,24H,3-4H2,1-2H3/t6-,8+,10+,11+,12-,13+,15+,16-,17+/m1/s1. The van der Waals surface area contributed by atoms with Gasteiger partial charge in [0.1, 0.15) is 36.3 Å². The first-order chi connectivity index (χ1) is 13.2. The summed E-state index contributed by atoms with van der Waals surface area (Å²) in [6.07, 6.45) is -8.14. The smallest absolute Gasteiger partial charge is 0.340 e. The molecule has 2 fully saturated rings. The van der Waals surface area contributed by atoms with E-state index in [9.17, 15) is 35.1 Å². The Balaban J connectivity index is 1.88. The number of Topliss-reactive ketones (excluding diaryl/α,β-unsaturated/α-hetero) is 1. The number of aliphatic hydroxyl groups excluding tert-OH is 4. The van der Waals surface area contributed by atoms with E-state index in [1.807, 2.05) is 0 Å². The second kappa shape index (κ2) is 7.67. The van der Waals surface area contributed by atoms with Crippen LogP contribution in [0.2, 0.25) is 0 Å². The SMILES string of the molecule is COC(=O)C1=CO[C@@H](O[C@H]2O[C@@H](CO)[C@H](O)[C@@H](O)[C@@H]2O)[C@@H]2[C@H](C)CC(=O)[C@@]12O. The average molecular weight is 404 g/mol. The molecule has 0 radical (unpaired) electrons. The van der Waals surface area contributed by atoms with Crippen molar-refractivity contribution >= 4 is 11.8 Å². The van der Waals surface area contributed by atoms with Crippen LogP contribution < -0.4 is 0 Å². The van der Waals surface area contributed by atoms with Gasteiger partial charge in [0.2, 0.25) is 6.29 Å². The number of hydrogen-bond acceptors (Lipinski definition) is 11. The summed E-state index contributed by atoms with van der Waals surface area (Å²) in [6, 6.07) is 0. The highest BCUT2D eigenvalue weighted by Crippen LogP contribution is 2.48. The summed E-state index contributed by atoms with van der Waals surface area (Å²) < 4.78 is 20.9.